The summed E-state index contributed by atoms with van der Waals surface area (Å²) in [5.74, 6) is -0.0885. The molecule has 0 spiro atoms. The fourth-order valence-corrected chi connectivity index (χ4v) is 2.30. The Bertz CT molecular complexity index is 473. The van der Waals surface area contributed by atoms with Gasteiger partial charge in [-0.1, -0.05) is 12.8 Å². The Morgan fingerprint density at radius 1 is 0.920 bits per heavy atom. The van der Waals surface area contributed by atoms with Crippen LogP contribution < -0.4 is 10.6 Å². The highest BCUT2D eigenvalue weighted by Gasteiger charge is 2.26. The molecule has 8 heteroatoms. The van der Waals surface area contributed by atoms with E-state index in [-0.39, 0.29) is 5.96 Å². The zero-order valence-corrected chi connectivity index (χ0v) is 16.0. The number of nitrogens with one attached hydrogen (secondary N) is 2. The SMILES string of the molecule is CC(C)(C)OC(=O)NC(=NC1CCCCC1O)NC(=O)OC(C)(C)C. The predicted octanol–water partition coefficient (Wildman–Crippen LogP) is 2.70. The number of rotatable bonds is 1. The highest BCUT2D eigenvalue weighted by Crippen LogP contribution is 2.21. The van der Waals surface area contributed by atoms with E-state index < -0.39 is 35.5 Å². The Hall–Kier alpha value is -1.83. The van der Waals surface area contributed by atoms with Crippen LogP contribution in [0.25, 0.3) is 0 Å². The molecule has 25 heavy (non-hydrogen) atoms. The van der Waals surface area contributed by atoms with Gasteiger partial charge in [-0.3, -0.25) is 10.6 Å². The average molecular weight is 357 g/mol. The molecule has 0 heterocycles. The monoisotopic (exact) mass is 357 g/mol. The third-order valence-electron chi connectivity index (χ3n) is 3.23. The minimum absolute atomic E-state index is 0.0885. The normalized spacial score (nSPS) is 21.1. The number of alkyl carbamates (subject to hydrolysis) is 2. The number of carbonyl (C=O) groups excluding carboxylic acids is 2. The lowest BCUT2D eigenvalue weighted by Crippen LogP contribution is -2.48. The lowest BCUT2D eigenvalue weighted by Gasteiger charge is -2.26. The zero-order valence-electron chi connectivity index (χ0n) is 16.0. The Labute approximate surface area is 149 Å². The summed E-state index contributed by atoms with van der Waals surface area (Å²) in [6.07, 6.45) is 1.08. The number of hydrogen-bond donors (Lipinski definition) is 3. The molecule has 0 aromatic carbocycles. The molecule has 1 rings (SSSR count). The van der Waals surface area contributed by atoms with Gasteiger partial charge in [0.1, 0.15) is 11.2 Å². The third kappa shape index (κ3) is 9.28. The molecule has 0 aromatic heterocycles. The first-order chi connectivity index (χ1) is 11.4. The summed E-state index contributed by atoms with van der Waals surface area (Å²) in [6, 6.07) is -0.395. The van der Waals surface area contributed by atoms with Crippen LogP contribution in [-0.4, -0.2) is 46.6 Å². The molecule has 2 unspecified atom stereocenters. The summed E-state index contributed by atoms with van der Waals surface area (Å²) in [7, 11) is 0. The van der Waals surface area contributed by atoms with Crippen molar-refractivity contribution in [2.24, 2.45) is 4.99 Å². The third-order valence-corrected chi connectivity index (χ3v) is 3.23. The largest absolute Gasteiger partial charge is 0.444 e. The quantitative estimate of drug-likeness (QED) is 0.494. The van der Waals surface area contributed by atoms with Crippen molar-refractivity contribution in [2.75, 3.05) is 0 Å². The fourth-order valence-electron chi connectivity index (χ4n) is 2.30. The van der Waals surface area contributed by atoms with Crippen LogP contribution in [0.4, 0.5) is 9.59 Å². The van der Waals surface area contributed by atoms with Crippen molar-refractivity contribution in [1.29, 1.82) is 0 Å². The summed E-state index contributed by atoms with van der Waals surface area (Å²) in [6.45, 7) is 10.4. The van der Waals surface area contributed by atoms with E-state index in [1.165, 1.54) is 0 Å². The smallest absolute Gasteiger partial charge is 0.414 e. The molecule has 1 saturated carbocycles. The summed E-state index contributed by atoms with van der Waals surface area (Å²) < 4.78 is 10.4. The number of hydrogen-bond acceptors (Lipinski definition) is 6. The molecular weight excluding hydrogens is 326 g/mol. The number of guanidine groups is 1. The second kappa shape index (κ2) is 8.51. The Morgan fingerprint density at radius 3 is 1.76 bits per heavy atom. The molecule has 1 aliphatic rings. The number of aliphatic hydroxyl groups excluding tert-OH is 1. The summed E-state index contributed by atoms with van der Waals surface area (Å²) >= 11 is 0. The molecule has 0 radical (unpaired) electrons. The van der Waals surface area contributed by atoms with Gasteiger partial charge in [-0.05, 0) is 54.4 Å². The standard InChI is InChI=1S/C17H31N3O5/c1-16(2,3)24-14(22)19-13(20-15(23)25-17(4,5)6)18-11-9-7-8-10-12(11)21/h11-12,21H,7-10H2,1-6H3,(H2,18,19,20,22,23). The van der Waals surface area contributed by atoms with E-state index in [1.807, 2.05) is 0 Å². The van der Waals surface area contributed by atoms with Crippen LogP contribution in [0.3, 0.4) is 0 Å². The average Bonchev–Trinajstić information content (AvgIpc) is 2.36. The van der Waals surface area contributed by atoms with Gasteiger partial charge in [-0.15, -0.1) is 0 Å². The summed E-state index contributed by atoms with van der Waals surface area (Å²) in [4.78, 5) is 28.3. The van der Waals surface area contributed by atoms with Crippen molar-refractivity contribution in [3.05, 3.63) is 0 Å². The van der Waals surface area contributed by atoms with Crippen LogP contribution in [0.15, 0.2) is 4.99 Å². The molecule has 1 aliphatic carbocycles. The second-order valence-electron chi connectivity index (χ2n) is 8.15. The van der Waals surface area contributed by atoms with Gasteiger partial charge in [0.05, 0.1) is 12.1 Å². The zero-order chi connectivity index (χ0) is 19.3. The Morgan fingerprint density at radius 2 is 1.36 bits per heavy atom. The first kappa shape index (κ1) is 21.2. The topological polar surface area (TPSA) is 109 Å². The van der Waals surface area contributed by atoms with E-state index in [9.17, 15) is 14.7 Å². The molecule has 0 bridgehead atoms. The van der Waals surface area contributed by atoms with Gasteiger partial charge in [0.15, 0.2) is 0 Å². The van der Waals surface area contributed by atoms with E-state index in [0.717, 1.165) is 12.8 Å². The molecule has 2 amide bonds. The molecule has 8 nitrogen and oxygen atoms in total. The van der Waals surface area contributed by atoms with E-state index in [2.05, 4.69) is 15.6 Å². The maximum atomic E-state index is 12.0. The predicted molar refractivity (Wildman–Crippen MR) is 94.4 cm³/mol. The van der Waals surface area contributed by atoms with Gasteiger partial charge >= 0.3 is 12.2 Å². The number of carbonyl (C=O) groups is 2. The van der Waals surface area contributed by atoms with Crippen molar-refractivity contribution >= 4 is 18.1 Å². The second-order valence-corrected chi connectivity index (χ2v) is 8.15. The molecular formula is C17H31N3O5. The number of ether oxygens (including phenoxy) is 2. The van der Waals surface area contributed by atoms with E-state index in [0.29, 0.717) is 12.8 Å². The lowest BCUT2D eigenvalue weighted by molar-refractivity contribution is 0.0542. The van der Waals surface area contributed by atoms with Gasteiger partial charge in [-0.25, -0.2) is 14.6 Å². The Balaban J connectivity index is 2.85. The van der Waals surface area contributed by atoms with Crippen molar-refractivity contribution in [2.45, 2.75) is 90.6 Å². The Kier molecular flexibility index (Phi) is 7.22. The van der Waals surface area contributed by atoms with E-state index in [4.69, 9.17) is 9.47 Å². The number of aliphatic imine (C=N–C) groups is 1. The van der Waals surface area contributed by atoms with Gasteiger partial charge in [0, 0.05) is 0 Å². The highest BCUT2D eigenvalue weighted by molar-refractivity contribution is 6.01. The highest BCUT2D eigenvalue weighted by atomic mass is 16.6. The van der Waals surface area contributed by atoms with Crippen LogP contribution in [0, 0.1) is 0 Å². The number of aliphatic hydroxyl groups is 1. The molecule has 1 fully saturated rings. The van der Waals surface area contributed by atoms with Crippen LogP contribution in [0.1, 0.15) is 67.2 Å². The first-order valence-corrected chi connectivity index (χ1v) is 8.61. The number of nitrogens with zero attached hydrogens (tertiary/aromatic N) is 1. The summed E-state index contributed by atoms with van der Waals surface area (Å²) in [5.41, 5.74) is -1.38. The van der Waals surface area contributed by atoms with Gasteiger partial charge in [-0.2, -0.15) is 0 Å². The van der Waals surface area contributed by atoms with Crippen LogP contribution in [0.2, 0.25) is 0 Å². The van der Waals surface area contributed by atoms with Crippen molar-refractivity contribution < 1.29 is 24.2 Å². The minimum atomic E-state index is -0.743. The van der Waals surface area contributed by atoms with Gasteiger partial charge < -0.3 is 14.6 Å². The van der Waals surface area contributed by atoms with Crippen LogP contribution >= 0.6 is 0 Å². The fraction of sp³-hybridized carbons (Fsp3) is 0.824. The minimum Gasteiger partial charge on any atom is -0.444 e. The maximum absolute atomic E-state index is 12.0. The maximum Gasteiger partial charge on any atom is 0.414 e. The lowest BCUT2D eigenvalue weighted by atomic mass is 9.93. The van der Waals surface area contributed by atoms with Crippen LogP contribution in [-0.2, 0) is 9.47 Å². The summed E-state index contributed by atoms with van der Waals surface area (Å²) in [5, 5.41) is 14.9. The molecule has 0 aromatic rings. The van der Waals surface area contributed by atoms with Crippen molar-refractivity contribution in [3.63, 3.8) is 0 Å². The molecule has 2 atom stereocenters. The van der Waals surface area contributed by atoms with E-state index in [1.54, 1.807) is 41.5 Å². The van der Waals surface area contributed by atoms with Crippen molar-refractivity contribution in [3.8, 4) is 0 Å². The molecule has 0 aliphatic heterocycles. The van der Waals surface area contributed by atoms with E-state index >= 15 is 0 Å². The van der Waals surface area contributed by atoms with Crippen molar-refractivity contribution in [1.82, 2.24) is 10.6 Å². The number of amides is 2. The molecule has 3 N–H and O–H groups in total. The van der Waals surface area contributed by atoms with Crippen LogP contribution in [0.5, 0.6) is 0 Å². The van der Waals surface area contributed by atoms with Gasteiger partial charge in [0.2, 0.25) is 5.96 Å². The molecule has 0 saturated heterocycles. The first-order valence-electron chi connectivity index (χ1n) is 8.61. The van der Waals surface area contributed by atoms with Gasteiger partial charge in [0.25, 0.3) is 0 Å². The molecule has 144 valence electrons.